The highest BCUT2D eigenvalue weighted by atomic mass is 16.5. The molecular formula is C30H32N4O3. The largest absolute Gasteiger partial charge is 0.508 e. The van der Waals surface area contributed by atoms with Crippen molar-refractivity contribution < 1.29 is 14.6 Å². The number of H-pyrrole nitrogens is 1. The standard InChI is InChI=1S/C30H32N4O3/c1-4-34(5-2)15-14-31-30(36)25-18-24-22(17-27(25)37-3)16-26-28(32-33-29(24)26)21-8-6-19(7-9-21)20-10-12-23(35)13-11-20/h6-13,17-18,35H,4-5,14-16H2,1-3H3,(H,31,36)(H,32,33). The third-order valence-electron chi connectivity index (χ3n) is 7.14. The molecule has 5 rings (SSSR count). The van der Waals surface area contributed by atoms with E-state index in [9.17, 15) is 9.90 Å². The second kappa shape index (κ2) is 10.5. The lowest BCUT2D eigenvalue weighted by molar-refractivity contribution is 0.0946. The fourth-order valence-electron chi connectivity index (χ4n) is 4.97. The van der Waals surface area contributed by atoms with Crippen LogP contribution in [-0.4, -0.2) is 59.4 Å². The van der Waals surface area contributed by atoms with Crippen LogP contribution in [-0.2, 0) is 6.42 Å². The lowest BCUT2D eigenvalue weighted by atomic mass is 10.0. The Morgan fingerprint density at radius 2 is 1.68 bits per heavy atom. The van der Waals surface area contributed by atoms with E-state index in [1.807, 2.05) is 24.3 Å². The van der Waals surface area contributed by atoms with Crippen LogP contribution >= 0.6 is 0 Å². The zero-order valence-electron chi connectivity index (χ0n) is 21.5. The molecule has 37 heavy (non-hydrogen) atoms. The van der Waals surface area contributed by atoms with Gasteiger partial charge in [0.15, 0.2) is 0 Å². The Morgan fingerprint density at radius 1 is 1.03 bits per heavy atom. The minimum absolute atomic E-state index is 0.134. The summed E-state index contributed by atoms with van der Waals surface area (Å²) in [5.74, 6) is 0.700. The van der Waals surface area contributed by atoms with Crippen molar-refractivity contribution in [3.63, 3.8) is 0 Å². The first-order valence-electron chi connectivity index (χ1n) is 12.7. The number of phenolic OH excluding ortho intramolecular Hbond substituents is 1. The Morgan fingerprint density at radius 3 is 2.32 bits per heavy atom. The minimum atomic E-state index is -0.134. The predicted octanol–water partition coefficient (Wildman–Crippen LogP) is 5.10. The van der Waals surface area contributed by atoms with E-state index >= 15 is 0 Å². The van der Waals surface area contributed by atoms with Gasteiger partial charge in [-0.1, -0.05) is 50.2 Å². The molecule has 0 atom stereocenters. The number of phenols is 1. The van der Waals surface area contributed by atoms with Crippen molar-refractivity contribution in [2.75, 3.05) is 33.3 Å². The monoisotopic (exact) mass is 496 g/mol. The molecule has 3 N–H and O–H groups in total. The first kappa shape index (κ1) is 24.6. The first-order valence-corrected chi connectivity index (χ1v) is 12.7. The summed E-state index contributed by atoms with van der Waals surface area (Å²) in [5.41, 5.74) is 8.75. The van der Waals surface area contributed by atoms with Crippen molar-refractivity contribution in [3.8, 4) is 45.1 Å². The van der Waals surface area contributed by atoms with Gasteiger partial charge < -0.3 is 20.1 Å². The molecule has 0 saturated carbocycles. The lowest BCUT2D eigenvalue weighted by Crippen LogP contribution is -2.34. The molecule has 0 unspecified atom stereocenters. The molecule has 0 bridgehead atoms. The Kier molecular flexibility index (Phi) is 6.97. The molecule has 1 aromatic heterocycles. The van der Waals surface area contributed by atoms with Gasteiger partial charge in [-0.15, -0.1) is 0 Å². The van der Waals surface area contributed by atoms with Crippen molar-refractivity contribution in [3.05, 3.63) is 77.4 Å². The topological polar surface area (TPSA) is 90.5 Å². The maximum Gasteiger partial charge on any atom is 0.255 e. The van der Waals surface area contributed by atoms with Gasteiger partial charge in [-0.25, -0.2) is 0 Å². The summed E-state index contributed by atoms with van der Waals surface area (Å²) in [6, 6.07) is 19.3. The van der Waals surface area contributed by atoms with Gasteiger partial charge >= 0.3 is 0 Å². The number of methoxy groups -OCH3 is 1. The van der Waals surface area contributed by atoms with E-state index in [0.717, 1.165) is 70.8 Å². The van der Waals surface area contributed by atoms with Crippen molar-refractivity contribution in [1.82, 2.24) is 20.4 Å². The lowest BCUT2D eigenvalue weighted by Gasteiger charge is -2.18. The van der Waals surface area contributed by atoms with Crippen molar-refractivity contribution >= 4 is 5.91 Å². The fourth-order valence-corrected chi connectivity index (χ4v) is 4.97. The number of carbonyl (C=O) groups excluding carboxylic acids is 1. The number of benzene rings is 3. The molecule has 1 amide bonds. The van der Waals surface area contributed by atoms with Gasteiger partial charge in [0.25, 0.3) is 5.91 Å². The minimum Gasteiger partial charge on any atom is -0.508 e. The van der Waals surface area contributed by atoms with E-state index in [1.54, 1.807) is 19.2 Å². The second-order valence-corrected chi connectivity index (χ2v) is 9.22. The van der Waals surface area contributed by atoms with Crippen LogP contribution in [0.15, 0.2) is 60.7 Å². The summed E-state index contributed by atoms with van der Waals surface area (Å²) in [6.45, 7) is 7.55. The highest BCUT2D eigenvalue weighted by Crippen LogP contribution is 2.42. The average molecular weight is 497 g/mol. The van der Waals surface area contributed by atoms with Gasteiger partial charge in [-0.2, -0.15) is 5.10 Å². The number of amides is 1. The number of likely N-dealkylation sites (N-methyl/N-ethyl adjacent to an activating group) is 1. The normalized spacial score (nSPS) is 11.9. The van der Waals surface area contributed by atoms with E-state index in [0.29, 0.717) is 17.9 Å². The molecule has 4 aromatic rings. The summed E-state index contributed by atoms with van der Waals surface area (Å²) in [5, 5.41) is 20.4. The number of nitrogens with one attached hydrogen (secondary N) is 2. The maximum absolute atomic E-state index is 13.0. The van der Waals surface area contributed by atoms with E-state index in [-0.39, 0.29) is 11.7 Å². The average Bonchev–Trinajstić information content (AvgIpc) is 3.50. The third-order valence-corrected chi connectivity index (χ3v) is 7.14. The van der Waals surface area contributed by atoms with Crippen LogP contribution in [0.25, 0.3) is 33.6 Å². The van der Waals surface area contributed by atoms with Crippen molar-refractivity contribution in [2.45, 2.75) is 20.3 Å². The van der Waals surface area contributed by atoms with Gasteiger partial charge in [0, 0.05) is 36.2 Å². The number of hydrogen-bond donors (Lipinski definition) is 3. The van der Waals surface area contributed by atoms with Gasteiger partial charge in [0.2, 0.25) is 0 Å². The maximum atomic E-state index is 13.0. The predicted molar refractivity (Wildman–Crippen MR) is 146 cm³/mol. The highest BCUT2D eigenvalue weighted by molar-refractivity contribution is 5.99. The molecule has 0 spiro atoms. The molecule has 190 valence electrons. The zero-order valence-corrected chi connectivity index (χ0v) is 21.5. The quantitative estimate of drug-likeness (QED) is 0.264. The second-order valence-electron chi connectivity index (χ2n) is 9.22. The molecule has 1 aliphatic carbocycles. The van der Waals surface area contributed by atoms with Gasteiger partial charge in [-0.3, -0.25) is 9.89 Å². The molecular weight excluding hydrogens is 464 g/mol. The summed E-state index contributed by atoms with van der Waals surface area (Å²) >= 11 is 0. The summed E-state index contributed by atoms with van der Waals surface area (Å²) in [4.78, 5) is 15.3. The number of hydrogen-bond acceptors (Lipinski definition) is 5. The molecule has 7 nitrogen and oxygen atoms in total. The van der Waals surface area contributed by atoms with Crippen LogP contribution in [0.4, 0.5) is 0 Å². The van der Waals surface area contributed by atoms with Crippen LogP contribution in [0.2, 0.25) is 0 Å². The Bertz CT molecular complexity index is 1400. The van der Waals surface area contributed by atoms with Gasteiger partial charge in [0.05, 0.1) is 24.1 Å². The Labute approximate surface area is 217 Å². The number of ether oxygens (including phenoxy) is 1. The summed E-state index contributed by atoms with van der Waals surface area (Å²) < 4.78 is 5.60. The number of aromatic amines is 1. The van der Waals surface area contributed by atoms with Gasteiger partial charge in [-0.05, 0) is 54.0 Å². The SMILES string of the molecule is CCN(CC)CCNC(=O)c1cc2c(cc1OC)Cc1c(-c3ccc(-c4ccc(O)cc4)cc3)n[nH]c1-2. The third kappa shape index (κ3) is 4.82. The number of aromatic hydroxyl groups is 1. The number of carbonyl (C=O) groups is 1. The molecule has 0 radical (unpaired) electrons. The van der Waals surface area contributed by atoms with Crippen molar-refractivity contribution in [2.24, 2.45) is 0 Å². The van der Waals surface area contributed by atoms with E-state index in [4.69, 9.17) is 4.74 Å². The van der Waals surface area contributed by atoms with E-state index < -0.39 is 0 Å². The Hall–Kier alpha value is -4.10. The molecule has 7 heteroatoms. The first-order chi connectivity index (χ1) is 18.0. The number of fused-ring (bicyclic) bond motifs is 3. The highest BCUT2D eigenvalue weighted by Gasteiger charge is 2.28. The van der Waals surface area contributed by atoms with Gasteiger partial charge in [0.1, 0.15) is 11.5 Å². The molecule has 1 aliphatic rings. The van der Waals surface area contributed by atoms with E-state index in [1.165, 1.54) is 0 Å². The number of rotatable bonds is 9. The summed E-state index contributed by atoms with van der Waals surface area (Å²) in [7, 11) is 1.60. The molecule has 0 saturated heterocycles. The number of aromatic nitrogens is 2. The van der Waals surface area contributed by atoms with Crippen LogP contribution in [0.3, 0.4) is 0 Å². The van der Waals surface area contributed by atoms with Crippen LogP contribution < -0.4 is 10.1 Å². The Balaban J connectivity index is 1.39. The molecule has 0 aliphatic heterocycles. The molecule has 1 heterocycles. The smallest absolute Gasteiger partial charge is 0.255 e. The van der Waals surface area contributed by atoms with E-state index in [2.05, 4.69) is 58.5 Å². The number of nitrogens with zero attached hydrogens (tertiary/aromatic N) is 2. The van der Waals surface area contributed by atoms with Crippen LogP contribution in [0.1, 0.15) is 35.3 Å². The summed E-state index contributed by atoms with van der Waals surface area (Å²) in [6.07, 6.45) is 0.719. The molecule has 3 aromatic carbocycles. The van der Waals surface area contributed by atoms with Crippen LogP contribution in [0, 0.1) is 0 Å². The fraction of sp³-hybridized carbons (Fsp3) is 0.267. The van der Waals surface area contributed by atoms with Crippen LogP contribution in [0.5, 0.6) is 11.5 Å². The van der Waals surface area contributed by atoms with Crippen molar-refractivity contribution in [1.29, 1.82) is 0 Å². The molecule has 0 fully saturated rings. The zero-order chi connectivity index (χ0) is 25.9.